The van der Waals surface area contributed by atoms with Gasteiger partial charge in [0, 0.05) is 6.42 Å². The minimum absolute atomic E-state index is 0.171. The molecular weight excluding hydrogens is 414 g/mol. The third-order valence-corrected chi connectivity index (χ3v) is 6.22. The molecule has 0 bridgehead atoms. The van der Waals surface area contributed by atoms with Gasteiger partial charge in [-0.2, -0.15) is 4.80 Å². The molecule has 0 saturated carbocycles. The molecule has 0 saturated heterocycles. The maximum atomic E-state index is 12.4. The fourth-order valence-electron chi connectivity index (χ4n) is 4.14. The largest absolute Gasteiger partial charge is 0.464 e. The zero-order valence-corrected chi connectivity index (χ0v) is 20.3. The molecular formula is C27H37N3O3. The van der Waals surface area contributed by atoms with E-state index in [1.807, 2.05) is 48.5 Å². The SMILES string of the molecule is CCCCCC(CCOC(=O)C(O)Cc1cccc(-n2nc3ccccc3n2)c1)C(C)(C)C. The molecule has 0 amide bonds. The topological polar surface area (TPSA) is 77.2 Å². The summed E-state index contributed by atoms with van der Waals surface area (Å²) in [7, 11) is 0. The van der Waals surface area contributed by atoms with Crippen molar-refractivity contribution in [3.63, 3.8) is 0 Å². The summed E-state index contributed by atoms with van der Waals surface area (Å²) >= 11 is 0. The fraction of sp³-hybridized carbons (Fsp3) is 0.519. The second kappa shape index (κ2) is 11.4. The van der Waals surface area contributed by atoms with E-state index in [1.54, 1.807) is 4.80 Å². The van der Waals surface area contributed by atoms with Crippen molar-refractivity contribution in [2.24, 2.45) is 11.3 Å². The molecule has 2 atom stereocenters. The second-order valence-corrected chi connectivity index (χ2v) is 9.88. The number of benzene rings is 2. The van der Waals surface area contributed by atoms with Gasteiger partial charge in [-0.1, -0.05) is 71.2 Å². The molecule has 0 aliphatic carbocycles. The first-order valence-electron chi connectivity index (χ1n) is 12.0. The predicted octanol–water partition coefficient (Wildman–Crippen LogP) is 5.50. The van der Waals surface area contributed by atoms with Gasteiger partial charge in [0.2, 0.25) is 0 Å². The molecule has 0 fully saturated rings. The number of fused-ring (bicyclic) bond motifs is 1. The van der Waals surface area contributed by atoms with Gasteiger partial charge in [0.05, 0.1) is 12.3 Å². The summed E-state index contributed by atoms with van der Waals surface area (Å²) in [6, 6.07) is 15.2. The highest BCUT2D eigenvalue weighted by atomic mass is 16.5. The molecule has 33 heavy (non-hydrogen) atoms. The van der Waals surface area contributed by atoms with Crippen molar-refractivity contribution in [3.05, 3.63) is 54.1 Å². The van der Waals surface area contributed by atoms with Crippen LogP contribution in [0.3, 0.4) is 0 Å². The zero-order chi connectivity index (χ0) is 23.8. The average molecular weight is 452 g/mol. The number of unbranched alkanes of at least 4 members (excludes halogenated alkanes) is 2. The van der Waals surface area contributed by atoms with Gasteiger partial charge >= 0.3 is 5.97 Å². The van der Waals surface area contributed by atoms with Crippen LogP contribution in [0.5, 0.6) is 0 Å². The number of ether oxygens (including phenoxy) is 1. The highest BCUT2D eigenvalue weighted by Gasteiger charge is 2.25. The van der Waals surface area contributed by atoms with Crippen molar-refractivity contribution < 1.29 is 14.6 Å². The maximum Gasteiger partial charge on any atom is 0.335 e. The quantitative estimate of drug-likeness (QED) is 0.308. The summed E-state index contributed by atoms with van der Waals surface area (Å²) in [4.78, 5) is 14.0. The number of esters is 1. The van der Waals surface area contributed by atoms with E-state index in [0.29, 0.717) is 12.5 Å². The van der Waals surface area contributed by atoms with Gasteiger partial charge in [0.25, 0.3) is 0 Å². The number of carbonyl (C=O) groups excluding carboxylic acids is 1. The zero-order valence-electron chi connectivity index (χ0n) is 20.3. The highest BCUT2D eigenvalue weighted by Crippen LogP contribution is 2.33. The van der Waals surface area contributed by atoms with Gasteiger partial charge in [-0.05, 0) is 54.0 Å². The molecule has 0 aliphatic heterocycles. The summed E-state index contributed by atoms with van der Waals surface area (Å²) in [5, 5.41) is 19.4. The van der Waals surface area contributed by atoms with Crippen LogP contribution < -0.4 is 0 Å². The number of aromatic nitrogens is 3. The van der Waals surface area contributed by atoms with Crippen LogP contribution in [-0.2, 0) is 16.0 Å². The van der Waals surface area contributed by atoms with Crippen LogP contribution in [0.4, 0.5) is 0 Å². The molecule has 1 N–H and O–H groups in total. The van der Waals surface area contributed by atoms with E-state index in [4.69, 9.17) is 4.74 Å². The molecule has 1 aromatic heterocycles. The van der Waals surface area contributed by atoms with Crippen molar-refractivity contribution in [2.45, 2.75) is 72.3 Å². The van der Waals surface area contributed by atoms with Gasteiger partial charge in [-0.25, -0.2) is 4.79 Å². The van der Waals surface area contributed by atoms with Crippen LogP contribution in [0.2, 0.25) is 0 Å². The fourth-order valence-corrected chi connectivity index (χ4v) is 4.14. The molecule has 178 valence electrons. The summed E-state index contributed by atoms with van der Waals surface area (Å²) < 4.78 is 5.44. The Hall–Kier alpha value is -2.73. The van der Waals surface area contributed by atoms with E-state index in [-0.39, 0.29) is 11.8 Å². The Balaban J connectivity index is 1.54. The molecule has 0 radical (unpaired) electrons. The lowest BCUT2D eigenvalue weighted by atomic mass is 9.76. The normalized spacial score (nSPS) is 13.7. The Morgan fingerprint density at radius 3 is 2.36 bits per heavy atom. The summed E-state index contributed by atoms with van der Waals surface area (Å²) in [5.41, 5.74) is 3.41. The van der Waals surface area contributed by atoms with Crippen molar-refractivity contribution in [2.75, 3.05) is 6.61 Å². The molecule has 1 heterocycles. The number of hydrogen-bond acceptors (Lipinski definition) is 5. The monoisotopic (exact) mass is 451 g/mol. The summed E-state index contributed by atoms with van der Waals surface area (Å²) in [5.74, 6) is -0.0765. The third kappa shape index (κ3) is 7.13. The Labute approximate surface area is 197 Å². The number of rotatable bonds is 11. The number of aliphatic hydroxyl groups is 1. The Morgan fingerprint density at radius 2 is 1.73 bits per heavy atom. The number of aliphatic hydroxyl groups excluding tert-OH is 1. The first-order chi connectivity index (χ1) is 15.8. The van der Waals surface area contributed by atoms with Crippen molar-refractivity contribution in [1.82, 2.24) is 15.0 Å². The minimum atomic E-state index is -1.20. The second-order valence-electron chi connectivity index (χ2n) is 9.88. The van der Waals surface area contributed by atoms with Crippen LogP contribution in [0.1, 0.15) is 65.4 Å². The first kappa shape index (κ1) is 24.9. The van der Waals surface area contributed by atoms with Gasteiger partial charge in [-0.3, -0.25) is 0 Å². The number of carbonyl (C=O) groups is 1. The molecule has 0 spiro atoms. The number of nitrogens with zero attached hydrogens (tertiary/aromatic N) is 3. The minimum Gasteiger partial charge on any atom is -0.464 e. The van der Waals surface area contributed by atoms with Crippen molar-refractivity contribution in [1.29, 1.82) is 0 Å². The third-order valence-electron chi connectivity index (χ3n) is 6.22. The number of hydrogen-bond donors (Lipinski definition) is 1. The maximum absolute atomic E-state index is 12.4. The molecule has 0 aliphatic rings. The van der Waals surface area contributed by atoms with Crippen LogP contribution >= 0.6 is 0 Å². The lowest BCUT2D eigenvalue weighted by molar-refractivity contribution is -0.154. The lowest BCUT2D eigenvalue weighted by Gasteiger charge is -2.31. The van der Waals surface area contributed by atoms with E-state index in [0.717, 1.165) is 35.1 Å². The molecule has 2 unspecified atom stereocenters. The molecule has 6 nitrogen and oxygen atoms in total. The van der Waals surface area contributed by atoms with Crippen LogP contribution in [0.15, 0.2) is 48.5 Å². The molecule has 3 aromatic rings. The van der Waals surface area contributed by atoms with Gasteiger partial charge in [-0.15, -0.1) is 10.2 Å². The van der Waals surface area contributed by atoms with E-state index in [2.05, 4.69) is 37.9 Å². The molecule has 3 rings (SSSR count). The van der Waals surface area contributed by atoms with Gasteiger partial charge < -0.3 is 9.84 Å². The highest BCUT2D eigenvalue weighted by molar-refractivity contribution is 5.75. The Kier molecular flexibility index (Phi) is 8.61. The van der Waals surface area contributed by atoms with Crippen molar-refractivity contribution in [3.8, 4) is 5.69 Å². The van der Waals surface area contributed by atoms with Gasteiger partial charge in [0.1, 0.15) is 11.0 Å². The first-order valence-corrected chi connectivity index (χ1v) is 12.0. The van der Waals surface area contributed by atoms with E-state index in [1.165, 1.54) is 19.3 Å². The average Bonchev–Trinajstić information content (AvgIpc) is 3.22. The Bertz CT molecular complexity index is 1010. The Morgan fingerprint density at radius 1 is 1.03 bits per heavy atom. The van der Waals surface area contributed by atoms with E-state index in [9.17, 15) is 9.90 Å². The van der Waals surface area contributed by atoms with Crippen LogP contribution in [0.25, 0.3) is 16.7 Å². The van der Waals surface area contributed by atoms with Crippen LogP contribution in [0, 0.1) is 11.3 Å². The van der Waals surface area contributed by atoms with Crippen molar-refractivity contribution >= 4 is 17.0 Å². The summed E-state index contributed by atoms with van der Waals surface area (Å²) in [6.07, 6.45) is 4.58. The standard InChI is InChI=1S/C27H37N3O3/c1-5-6-7-12-21(27(2,3)4)16-17-33-26(32)25(31)19-20-11-10-13-22(18-20)30-28-23-14-8-9-15-24(23)29-30/h8-11,13-15,18,21,25,31H,5-7,12,16-17,19H2,1-4H3. The smallest absolute Gasteiger partial charge is 0.335 e. The van der Waals surface area contributed by atoms with Crippen LogP contribution in [-0.4, -0.2) is 38.8 Å². The van der Waals surface area contributed by atoms with E-state index >= 15 is 0 Å². The summed E-state index contributed by atoms with van der Waals surface area (Å²) in [6.45, 7) is 9.27. The predicted molar refractivity (Wildman–Crippen MR) is 131 cm³/mol. The molecule has 6 heteroatoms. The van der Waals surface area contributed by atoms with Gasteiger partial charge in [0.15, 0.2) is 6.10 Å². The molecule has 2 aromatic carbocycles. The van der Waals surface area contributed by atoms with E-state index < -0.39 is 12.1 Å². The lowest BCUT2D eigenvalue weighted by Crippen LogP contribution is -2.28.